The van der Waals surface area contributed by atoms with Crippen molar-refractivity contribution < 1.29 is 14.3 Å². The number of piperidine rings is 1. The summed E-state index contributed by atoms with van der Waals surface area (Å²) in [6.07, 6.45) is 1.08. The summed E-state index contributed by atoms with van der Waals surface area (Å²) in [7, 11) is 1.38. The van der Waals surface area contributed by atoms with E-state index < -0.39 is 0 Å². The highest BCUT2D eigenvalue weighted by atomic mass is 16.5. The molecule has 19 heavy (non-hydrogen) atoms. The molecule has 1 aliphatic heterocycles. The van der Waals surface area contributed by atoms with Gasteiger partial charge in [0.25, 0.3) is 0 Å². The number of likely N-dealkylation sites (tertiary alicyclic amines) is 1. The standard InChI is InChI=1S/C15H17NO3/c1-9-5-10(15(18)19-2)3-4-11(9)7-16-8-12-6-13(12)14(16)17/h3-5,12-13H,6-8H2,1-2H3. The molecule has 0 aromatic heterocycles. The number of fused-ring (bicyclic) bond motifs is 1. The Balaban J connectivity index is 1.75. The monoisotopic (exact) mass is 259 g/mol. The molecule has 1 saturated carbocycles. The number of aryl methyl sites for hydroxylation is 1. The number of methoxy groups -OCH3 is 1. The number of nitrogens with zero attached hydrogens (tertiary/aromatic N) is 1. The molecule has 3 rings (SSSR count). The second-order valence-electron chi connectivity index (χ2n) is 5.45. The van der Waals surface area contributed by atoms with Crippen molar-refractivity contribution in [2.45, 2.75) is 19.9 Å². The number of benzene rings is 1. The molecule has 2 unspecified atom stereocenters. The maximum atomic E-state index is 11.9. The van der Waals surface area contributed by atoms with E-state index in [-0.39, 0.29) is 5.97 Å². The number of ether oxygens (including phenoxy) is 1. The van der Waals surface area contributed by atoms with E-state index in [0.717, 1.165) is 24.1 Å². The molecule has 1 aromatic carbocycles. The molecule has 2 fully saturated rings. The molecule has 0 radical (unpaired) electrons. The Morgan fingerprint density at radius 3 is 2.84 bits per heavy atom. The third kappa shape index (κ3) is 2.11. The zero-order valence-electron chi connectivity index (χ0n) is 11.2. The molecule has 1 saturated heterocycles. The summed E-state index contributed by atoms with van der Waals surface area (Å²) in [5.41, 5.74) is 2.68. The average molecular weight is 259 g/mol. The van der Waals surface area contributed by atoms with Crippen LogP contribution in [0.3, 0.4) is 0 Å². The molecule has 1 heterocycles. The first-order valence-electron chi connectivity index (χ1n) is 6.57. The van der Waals surface area contributed by atoms with Crippen LogP contribution in [0.15, 0.2) is 18.2 Å². The van der Waals surface area contributed by atoms with Crippen LogP contribution in [0.4, 0.5) is 0 Å². The first kappa shape index (κ1) is 12.2. The maximum absolute atomic E-state index is 11.9. The molecular formula is C15H17NO3. The number of carbonyl (C=O) groups excluding carboxylic acids is 2. The Bertz CT molecular complexity index is 552. The average Bonchev–Trinajstić information content (AvgIpc) is 3.11. The summed E-state index contributed by atoms with van der Waals surface area (Å²) >= 11 is 0. The lowest BCUT2D eigenvalue weighted by Crippen LogP contribution is -2.28. The molecule has 4 heteroatoms. The van der Waals surface area contributed by atoms with E-state index in [1.54, 1.807) is 6.07 Å². The Morgan fingerprint density at radius 1 is 1.47 bits per heavy atom. The lowest BCUT2D eigenvalue weighted by molar-refractivity contribution is -0.130. The molecule has 1 aliphatic carbocycles. The van der Waals surface area contributed by atoms with Crippen molar-refractivity contribution in [1.29, 1.82) is 0 Å². The molecule has 0 spiro atoms. The van der Waals surface area contributed by atoms with Crippen molar-refractivity contribution in [2.75, 3.05) is 13.7 Å². The topological polar surface area (TPSA) is 46.6 Å². The number of rotatable bonds is 3. The SMILES string of the molecule is COC(=O)c1ccc(CN2CC3CC3C2=O)c(C)c1. The molecule has 2 aliphatic rings. The quantitative estimate of drug-likeness (QED) is 0.777. The van der Waals surface area contributed by atoms with Crippen LogP contribution in [0.25, 0.3) is 0 Å². The van der Waals surface area contributed by atoms with Gasteiger partial charge < -0.3 is 9.64 Å². The Morgan fingerprint density at radius 2 is 2.26 bits per heavy atom. The number of hydrogen-bond donors (Lipinski definition) is 0. The first-order valence-corrected chi connectivity index (χ1v) is 6.57. The van der Waals surface area contributed by atoms with Crippen molar-refractivity contribution in [3.05, 3.63) is 34.9 Å². The fourth-order valence-corrected chi connectivity index (χ4v) is 2.83. The van der Waals surface area contributed by atoms with Crippen LogP contribution in [-0.4, -0.2) is 30.4 Å². The van der Waals surface area contributed by atoms with Crippen molar-refractivity contribution in [3.63, 3.8) is 0 Å². The Kier molecular flexibility index (Phi) is 2.81. The van der Waals surface area contributed by atoms with Crippen LogP contribution in [0, 0.1) is 18.8 Å². The van der Waals surface area contributed by atoms with Gasteiger partial charge in [0, 0.05) is 19.0 Å². The minimum atomic E-state index is -0.326. The second kappa shape index (κ2) is 4.37. The third-order valence-corrected chi connectivity index (χ3v) is 4.13. The molecule has 0 bridgehead atoms. The normalized spacial score (nSPS) is 24.3. The Hall–Kier alpha value is -1.84. The predicted octanol–water partition coefficient (Wildman–Crippen LogP) is 1.76. The fraction of sp³-hybridized carbons (Fsp3) is 0.467. The number of hydrogen-bond acceptors (Lipinski definition) is 3. The third-order valence-electron chi connectivity index (χ3n) is 4.13. The lowest BCUT2D eigenvalue weighted by atomic mass is 10.0. The Labute approximate surface area is 112 Å². The van der Waals surface area contributed by atoms with Crippen LogP contribution in [-0.2, 0) is 16.1 Å². The number of amides is 1. The maximum Gasteiger partial charge on any atom is 0.337 e. The summed E-state index contributed by atoms with van der Waals surface area (Å²) in [5, 5.41) is 0. The van der Waals surface area contributed by atoms with Crippen LogP contribution in [0.1, 0.15) is 27.9 Å². The molecule has 4 nitrogen and oxygen atoms in total. The van der Waals surface area contributed by atoms with E-state index in [0.29, 0.717) is 29.9 Å². The molecule has 1 aromatic rings. The van der Waals surface area contributed by atoms with Gasteiger partial charge in [-0.2, -0.15) is 0 Å². The molecule has 100 valence electrons. The smallest absolute Gasteiger partial charge is 0.337 e. The van der Waals surface area contributed by atoms with Gasteiger partial charge in [-0.3, -0.25) is 4.79 Å². The van der Waals surface area contributed by atoms with Gasteiger partial charge >= 0.3 is 5.97 Å². The van der Waals surface area contributed by atoms with Crippen LogP contribution in [0.5, 0.6) is 0 Å². The van der Waals surface area contributed by atoms with Gasteiger partial charge in [-0.15, -0.1) is 0 Å². The van der Waals surface area contributed by atoms with Gasteiger partial charge in [-0.1, -0.05) is 6.07 Å². The highest BCUT2D eigenvalue weighted by Gasteiger charge is 2.51. The summed E-state index contributed by atoms with van der Waals surface area (Å²) < 4.78 is 4.70. The van der Waals surface area contributed by atoms with Crippen molar-refractivity contribution in [3.8, 4) is 0 Å². The molecular weight excluding hydrogens is 242 g/mol. The summed E-state index contributed by atoms with van der Waals surface area (Å²) in [5.74, 6) is 0.867. The zero-order valence-corrected chi connectivity index (χ0v) is 11.2. The highest BCUT2D eigenvalue weighted by molar-refractivity contribution is 5.89. The van der Waals surface area contributed by atoms with Crippen LogP contribution >= 0.6 is 0 Å². The largest absolute Gasteiger partial charge is 0.465 e. The summed E-state index contributed by atoms with van der Waals surface area (Å²) in [6, 6.07) is 5.50. The van der Waals surface area contributed by atoms with E-state index in [4.69, 9.17) is 4.74 Å². The first-order chi connectivity index (χ1) is 9.10. The minimum absolute atomic E-state index is 0.293. The van der Waals surface area contributed by atoms with E-state index in [1.807, 2.05) is 24.0 Å². The van der Waals surface area contributed by atoms with Crippen LogP contribution < -0.4 is 0 Å². The van der Waals surface area contributed by atoms with E-state index >= 15 is 0 Å². The van der Waals surface area contributed by atoms with Gasteiger partial charge in [0.2, 0.25) is 5.91 Å². The van der Waals surface area contributed by atoms with Gasteiger partial charge in [0.15, 0.2) is 0 Å². The lowest BCUT2D eigenvalue weighted by Gasteiger charge is -2.19. The second-order valence-corrected chi connectivity index (χ2v) is 5.45. The summed E-state index contributed by atoms with van der Waals surface area (Å²) in [6.45, 7) is 3.50. The summed E-state index contributed by atoms with van der Waals surface area (Å²) in [4.78, 5) is 25.3. The molecule has 0 N–H and O–H groups in total. The van der Waals surface area contributed by atoms with Gasteiger partial charge in [0.05, 0.1) is 12.7 Å². The number of carbonyl (C=O) groups is 2. The molecule has 1 amide bonds. The fourth-order valence-electron chi connectivity index (χ4n) is 2.83. The van der Waals surface area contributed by atoms with Crippen molar-refractivity contribution in [2.24, 2.45) is 11.8 Å². The minimum Gasteiger partial charge on any atom is -0.465 e. The van der Waals surface area contributed by atoms with Gasteiger partial charge in [0.1, 0.15) is 0 Å². The van der Waals surface area contributed by atoms with Crippen LogP contribution in [0.2, 0.25) is 0 Å². The van der Waals surface area contributed by atoms with E-state index in [1.165, 1.54) is 7.11 Å². The van der Waals surface area contributed by atoms with Crippen molar-refractivity contribution in [1.82, 2.24) is 4.90 Å². The van der Waals surface area contributed by atoms with E-state index in [2.05, 4.69) is 0 Å². The molecule has 2 atom stereocenters. The number of esters is 1. The predicted molar refractivity (Wildman–Crippen MR) is 69.5 cm³/mol. The van der Waals surface area contributed by atoms with Crippen molar-refractivity contribution >= 4 is 11.9 Å². The highest BCUT2D eigenvalue weighted by Crippen LogP contribution is 2.46. The van der Waals surface area contributed by atoms with E-state index in [9.17, 15) is 9.59 Å². The zero-order chi connectivity index (χ0) is 13.6. The van der Waals surface area contributed by atoms with Gasteiger partial charge in [-0.25, -0.2) is 4.79 Å². The van der Waals surface area contributed by atoms with Gasteiger partial charge in [-0.05, 0) is 42.5 Å².